The van der Waals surface area contributed by atoms with Crippen LogP contribution in [0.1, 0.15) is 23.2 Å². The van der Waals surface area contributed by atoms with Gasteiger partial charge in [0.2, 0.25) is 0 Å². The minimum absolute atomic E-state index is 0.287. The third-order valence-corrected chi connectivity index (χ3v) is 2.81. The fraction of sp³-hybridized carbons (Fsp3) is 0.357. The van der Waals surface area contributed by atoms with Gasteiger partial charge in [-0.15, -0.1) is 12.3 Å². The first-order valence-electron chi connectivity index (χ1n) is 5.92. The molecule has 1 aliphatic rings. The van der Waals surface area contributed by atoms with Gasteiger partial charge in [-0.2, -0.15) is 0 Å². The van der Waals surface area contributed by atoms with Gasteiger partial charge in [-0.05, 0) is 18.6 Å². The lowest BCUT2D eigenvalue weighted by Crippen LogP contribution is -2.16. The van der Waals surface area contributed by atoms with Gasteiger partial charge >= 0.3 is 5.97 Å². The fourth-order valence-corrected chi connectivity index (χ4v) is 1.92. The third-order valence-electron chi connectivity index (χ3n) is 2.53. The Morgan fingerprint density at radius 3 is 3.00 bits per heavy atom. The summed E-state index contributed by atoms with van der Waals surface area (Å²) in [5.74, 6) is 2.97. The second-order valence-corrected chi connectivity index (χ2v) is 4.33. The van der Waals surface area contributed by atoms with E-state index in [0.29, 0.717) is 48.1 Å². The minimum atomic E-state index is -0.448. The fourth-order valence-electron chi connectivity index (χ4n) is 1.65. The molecule has 100 valence electrons. The van der Waals surface area contributed by atoms with Gasteiger partial charge in [-0.25, -0.2) is 4.79 Å². The van der Waals surface area contributed by atoms with Crippen LogP contribution in [0.2, 0.25) is 5.02 Å². The quantitative estimate of drug-likeness (QED) is 0.483. The summed E-state index contributed by atoms with van der Waals surface area (Å²) in [5.41, 5.74) is 0.343. The van der Waals surface area contributed by atoms with E-state index in [1.807, 2.05) is 0 Å². The summed E-state index contributed by atoms with van der Waals surface area (Å²) in [4.78, 5) is 11.8. The highest BCUT2D eigenvalue weighted by Gasteiger charge is 2.19. The Labute approximate surface area is 116 Å². The molecule has 1 aromatic carbocycles. The van der Waals surface area contributed by atoms with Crippen LogP contribution in [-0.4, -0.2) is 25.8 Å². The number of ether oxygens (including phenoxy) is 3. The predicted molar refractivity (Wildman–Crippen MR) is 70.8 cm³/mol. The molecule has 4 nitrogen and oxygen atoms in total. The molecule has 1 heterocycles. The molecule has 1 aromatic rings. The largest absolute Gasteiger partial charge is 0.486 e. The average molecular weight is 281 g/mol. The zero-order valence-electron chi connectivity index (χ0n) is 10.3. The first kappa shape index (κ1) is 13.6. The lowest BCUT2D eigenvalue weighted by Gasteiger charge is -2.19. The second kappa shape index (κ2) is 6.35. The highest BCUT2D eigenvalue weighted by molar-refractivity contribution is 6.32. The third kappa shape index (κ3) is 3.33. The molecule has 2 rings (SSSR count). The first-order chi connectivity index (χ1) is 9.22. The van der Waals surface area contributed by atoms with E-state index in [1.54, 1.807) is 6.07 Å². The Morgan fingerprint density at radius 1 is 1.42 bits per heavy atom. The maximum atomic E-state index is 11.8. The van der Waals surface area contributed by atoms with Crippen LogP contribution in [0.4, 0.5) is 0 Å². The molecule has 19 heavy (non-hydrogen) atoms. The molecule has 0 aromatic heterocycles. The number of hydrogen-bond acceptors (Lipinski definition) is 4. The summed E-state index contributed by atoms with van der Waals surface area (Å²) in [6, 6.07) is 3.09. The predicted octanol–water partition coefficient (Wildman–Crippen LogP) is 2.68. The van der Waals surface area contributed by atoms with Crippen molar-refractivity contribution in [3.8, 4) is 23.8 Å². The number of rotatable bonds is 4. The molecular weight excluding hydrogens is 268 g/mol. The van der Waals surface area contributed by atoms with Crippen molar-refractivity contribution in [3.63, 3.8) is 0 Å². The Bertz CT molecular complexity index is 519. The summed E-state index contributed by atoms with van der Waals surface area (Å²) >= 11 is 6.04. The molecule has 0 saturated heterocycles. The highest BCUT2D eigenvalue weighted by Crippen LogP contribution is 2.38. The summed E-state index contributed by atoms with van der Waals surface area (Å²) in [6.07, 6.45) is 6.33. The Balaban J connectivity index is 2.06. The van der Waals surface area contributed by atoms with Crippen molar-refractivity contribution in [2.45, 2.75) is 12.8 Å². The number of benzene rings is 1. The standard InChI is InChI=1S/C14H13ClO4/c1-2-3-4-5-19-14(16)10-8-11(15)13-12(9-10)17-6-7-18-13/h1,8-9H,3-7H2. The number of unbranched alkanes of at least 4 members (excludes halogenated alkanes) is 1. The van der Waals surface area contributed by atoms with Crippen LogP contribution in [-0.2, 0) is 4.74 Å². The number of carbonyl (C=O) groups is 1. The maximum Gasteiger partial charge on any atom is 0.338 e. The van der Waals surface area contributed by atoms with Gasteiger partial charge in [-0.1, -0.05) is 11.6 Å². The van der Waals surface area contributed by atoms with E-state index in [9.17, 15) is 4.79 Å². The van der Waals surface area contributed by atoms with Gasteiger partial charge in [0, 0.05) is 6.42 Å². The van der Waals surface area contributed by atoms with E-state index in [2.05, 4.69) is 5.92 Å². The molecular formula is C14H13ClO4. The molecule has 0 fully saturated rings. The van der Waals surface area contributed by atoms with Gasteiger partial charge in [0.25, 0.3) is 0 Å². The van der Waals surface area contributed by atoms with Crippen LogP contribution >= 0.6 is 11.6 Å². The van der Waals surface area contributed by atoms with Gasteiger partial charge < -0.3 is 14.2 Å². The van der Waals surface area contributed by atoms with Crippen LogP contribution in [0.25, 0.3) is 0 Å². The SMILES string of the molecule is C#CCCCOC(=O)c1cc(Cl)c2c(c1)OCCO2. The summed E-state index contributed by atoms with van der Waals surface area (Å²) in [6.45, 7) is 1.17. The number of hydrogen-bond donors (Lipinski definition) is 0. The molecule has 0 radical (unpaired) electrons. The van der Waals surface area contributed by atoms with Crippen molar-refractivity contribution in [2.24, 2.45) is 0 Å². The van der Waals surface area contributed by atoms with E-state index >= 15 is 0 Å². The minimum Gasteiger partial charge on any atom is -0.486 e. The van der Waals surface area contributed by atoms with Crippen molar-refractivity contribution >= 4 is 17.6 Å². The molecule has 1 aliphatic heterocycles. The number of terminal acetylenes is 1. The maximum absolute atomic E-state index is 11.8. The van der Waals surface area contributed by atoms with Gasteiger partial charge in [-0.3, -0.25) is 0 Å². The van der Waals surface area contributed by atoms with E-state index in [-0.39, 0.29) is 6.61 Å². The molecule has 0 aliphatic carbocycles. The number of carbonyl (C=O) groups excluding carboxylic acids is 1. The van der Waals surface area contributed by atoms with E-state index in [1.165, 1.54) is 6.07 Å². The molecule has 0 atom stereocenters. The van der Waals surface area contributed by atoms with Gasteiger partial charge in [0.05, 0.1) is 17.2 Å². The zero-order chi connectivity index (χ0) is 13.7. The number of fused-ring (bicyclic) bond motifs is 1. The summed E-state index contributed by atoms with van der Waals surface area (Å²) in [7, 11) is 0. The Morgan fingerprint density at radius 2 is 2.21 bits per heavy atom. The lowest BCUT2D eigenvalue weighted by atomic mass is 10.2. The van der Waals surface area contributed by atoms with Crippen molar-refractivity contribution in [1.82, 2.24) is 0 Å². The Kier molecular flexibility index (Phi) is 4.53. The number of esters is 1. The Hall–Kier alpha value is -1.86. The van der Waals surface area contributed by atoms with E-state index in [4.69, 9.17) is 32.2 Å². The molecule has 0 N–H and O–H groups in total. The number of halogens is 1. The highest BCUT2D eigenvalue weighted by atomic mass is 35.5. The summed E-state index contributed by atoms with van der Waals surface area (Å²) < 4.78 is 15.9. The smallest absolute Gasteiger partial charge is 0.338 e. The average Bonchev–Trinajstić information content (AvgIpc) is 2.43. The van der Waals surface area contributed by atoms with E-state index < -0.39 is 5.97 Å². The van der Waals surface area contributed by atoms with Crippen molar-refractivity contribution in [2.75, 3.05) is 19.8 Å². The molecule has 0 amide bonds. The van der Waals surface area contributed by atoms with E-state index in [0.717, 1.165) is 0 Å². The second-order valence-electron chi connectivity index (χ2n) is 3.93. The van der Waals surface area contributed by atoms with Gasteiger partial charge in [0.15, 0.2) is 11.5 Å². The van der Waals surface area contributed by atoms with Crippen LogP contribution in [0.3, 0.4) is 0 Å². The van der Waals surface area contributed by atoms with Crippen LogP contribution in [0.5, 0.6) is 11.5 Å². The van der Waals surface area contributed by atoms with Crippen LogP contribution < -0.4 is 9.47 Å². The first-order valence-corrected chi connectivity index (χ1v) is 6.30. The molecule has 0 bridgehead atoms. The van der Waals surface area contributed by atoms with Crippen molar-refractivity contribution in [1.29, 1.82) is 0 Å². The monoisotopic (exact) mass is 280 g/mol. The lowest BCUT2D eigenvalue weighted by molar-refractivity contribution is 0.0501. The zero-order valence-corrected chi connectivity index (χ0v) is 11.0. The topological polar surface area (TPSA) is 44.8 Å². The molecule has 0 saturated carbocycles. The van der Waals surface area contributed by atoms with Crippen LogP contribution in [0.15, 0.2) is 12.1 Å². The normalized spacial score (nSPS) is 12.6. The molecule has 5 heteroatoms. The van der Waals surface area contributed by atoms with Crippen molar-refractivity contribution in [3.05, 3.63) is 22.7 Å². The summed E-state index contributed by atoms with van der Waals surface area (Å²) in [5, 5.41) is 0.341. The molecule has 0 unspecified atom stereocenters. The van der Waals surface area contributed by atoms with Crippen LogP contribution in [0, 0.1) is 12.3 Å². The van der Waals surface area contributed by atoms with Crippen molar-refractivity contribution < 1.29 is 19.0 Å². The van der Waals surface area contributed by atoms with Gasteiger partial charge in [0.1, 0.15) is 13.2 Å². The molecule has 0 spiro atoms.